The topological polar surface area (TPSA) is 101 Å². The summed E-state index contributed by atoms with van der Waals surface area (Å²) >= 11 is 15.6. The first-order valence-corrected chi connectivity index (χ1v) is 17.1. The first kappa shape index (κ1) is 32.1. The van der Waals surface area contributed by atoms with Crippen LogP contribution in [0, 0.1) is 0 Å². The van der Waals surface area contributed by atoms with E-state index >= 15 is 0 Å². The molecule has 2 saturated carbocycles. The molecule has 7 rings (SSSR count). The summed E-state index contributed by atoms with van der Waals surface area (Å²) in [5, 5.41) is 12.8. The Morgan fingerprint density at radius 1 is 0.711 bits per heavy atom. The summed E-state index contributed by atoms with van der Waals surface area (Å²) in [5.41, 5.74) is 4.48. The van der Waals surface area contributed by atoms with Gasteiger partial charge in [-0.15, -0.1) is 0 Å². The van der Waals surface area contributed by atoms with Crippen molar-refractivity contribution in [2.24, 2.45) is 0 Å². The predicted octanol–water partition coefficient (Wildman–Crippen LogP) is 9.23. The Morgan fingerprint density at radius 3 is 1.58 bits per heavy atom. The van der Waals surface area contributed by atoms with Crippen molar-refractivity contribution in [2.75, 3.05) is 0 Å². The van der Waals surface area contributed by atoms with Gasteiger partial charge in [0.1, 0.15) is 11.3 Å². The molecule has 5 aromatic rings. The van der Waals surface area contributed by atoms with Crippen molar-refractivity contribution in [3.63, 3.8) is 0 Å². The van der Waals surface area contributed by atoms with Gasteiger partial charge in [0, 0.05) is 38.2 Å². The predicted molar refractivity (Wildman–Crippen MR) is 187 cm³/mol. The minimum atomic E-state index is -0.218. The number of rotatable bonds is 3. The van der Waals surface area contributed by atoms with Gasteiger partial charge in [-0.25, -0.2) is 9.36 Å². The Bertz CT molecular complexity index is 2010. The molecule has 0 spiro atoms. The second-order valence-corrected chi connectivity index (χ2v) is 16.1. The van der Waals surface area contributed by atoms with Gasteiger partial charge in [0.2, 0.25) is 0 Å². The molecule has 2 fully saturated rings. The summed E-state index contributed by atoms with van der Waals surface area (Å²) in [6.45, 7) is 12.6. The molecular weight excluding hydrogens is 675 g/mol. The van der Waals surface area contributed by atoms with Crippen molar-refractivity contribution in [1.82, 2.24) is 29.5 Å². The van der Waals surface area contributed by atoms with E-state index in [9.17, 15) is 9.59 Å². The standard InChI is InChI=1S/C20H21Cl2N3O.C14H18BrN3O/c1-20(2,3)25-18-16(17(24-25)11-5-4-6-11)10-15(19(26)23-18)12-7-13(21)9-14(22)8-12;1-14(2,3)18-12-9(7-10(15)13(19)16-12)11(17-18)8-5-4-6-8/h7-11H,4-6H2,1-3H3,(H,23,26);7-8H,4-6H2,1-3H3,(H,16,19). The van der Waals surface area contributed by atoms with Gasteiger partial charge < -0.3 is 9.97 Å². The minimum absolute atomic E-state index is 0.0990. The molecular formula is C34H39BrCl2N6O2. The Balaban J connectivity index is 0.000000167. The van der Waals surface area contributed by atoms with Crippen LogP contribution in [-0.2, 0) is 11.1 Å². The number of fused-ring (bicyclic) bond motifs is 2. The lowest BCUT2D eigenvalue weighted by molar-refractivity contribution is 0.349. The second kappa shape index (κ2) is 11.7. The first-order chi connectivity index (χ1) is 21.1. The Labute approximate surface area is 280 Å². The normalized spacial score (nSPS) is 16.0. The minimum Gasteiger partial charge on any atom is -0.306 e. The molecule has 0 radical (unpaired) electrons. The fraction of sp³-hybridized carbons (Fsp3) is 0.471. The largest absolute Gasteiger partial charge is 0.306 e. The molecule has 8 nitrogen and oxygen atoms in total. The number of pyridine rings is 2. The maximum atomic E-state index is 12.8. The van der Waals surface area contributed by atoms with Crippen molar-refractivity contribution in [3.8, 4) is 11.1 Å². The average molecular weight is 715 g/mol. The van der Waals surface area contributed by atoms with E-state index in [0.29, 0.717) is 37.5 Å². The van der Waals surface area contributed by atoms with Gasteiger partial charge in [0.25, 0.3) is 11.1 Å². The quantitative estimate of drug-likeness (QED) is 0.195. The number of aromatic nitrogens is 6. The fourth-order valence-corrected chi connectivity index (χ4v) is 6.88. The van der Waals surface area contributed by atoms with Gasteiger partial charge in [0.05, 0.1) is 26.9 Å². The van der Waals surface area contributed by atoms with Crippen LogP contribution in [0.2, 0.25) is 10.0 Å². The van der Waals surface area contributed by atoms with Crippen LogP contribution in [0.15, 0.2) is 44.4 Å². The third kappa shape index (κ3) is 6.15. The van der Waals surface area contributed by atoms with Crippen molar-refractivity contribution in [1.29, 1.82) is 0 Å². The lowest BCUT2D eigenvalue weighted by Crippen LogP contribution is -2.25. The lowest BCUT2D eigenvalue weighted by atomic mass is 9.82. The highest BCUT2D eigenvalue weighted by molar-refractivity contribution is 9.10. The van der Waals surface area contributed by atoms with Gasteiger partial charge in [-0.2, -0.15) is 10.2 Å². The zero-order chi connectivity index (χ0) is 32.4. The Morgan fingerprint density at radius 2 is 1.16 bits per heavy atom. The summed E-state index contributed by atoms with van der Waals surface area (Å²) in [4.78, 5) is 30.7. The van der Waals surface area contributed by atoms with E-state index in [0.717, 1.165) is 46.3 Å². The summed E-state index contributed by atoms with van der Waals surface area (Å²) in [6.07, 6.45) is 7.20. The molecule has 0 aliphatic heterocycles. The molecule has 2 aliphatic rings. The molecule has 2 aliphatic carbocycles. The SMILES string of the molecule is CC(C)(C)n1nc(C2CCC2)c2cc(-c3cc(Cl)cc(Cl)c3)c(=O)[nH]c21.CC(C)(C)n1nc(C2CCC2)c2cc(Br)c(=O)[nH]c21. The summed E-state index contributed by atoms with van der Waals surface area (Å²) < 4.78 is 4.46. The number of nitrogens with one attached hydrogen (secondary N) is 2. The van der Waals surface area contributed by atoms with Crippen molar-refractivity contribution in [3.05, 3.63) is 76.9 Å². The summed E-state index contributed by atoms with van der Waals surface area (Å²) in [6, 6.07) is 9.05. The van der Waals surface area contributed by atoms with E-state index < -0.39 is 0 Å². The van der Waals surface area contributed by atoms with Crippen LogP contribution in [0.4, 0.5) is 0 Å². The summed E-state index contributed by atoms with van der Waals surface area (Å²) in [7, 11) is 0. The van der Waals surface area contributed by atoms with Crippen LogP contribution in [0.25, 0.3) is 33.2 Å². The fourth-order valence-electron chi connectivity index (χ4n) is 6.02. The zero-order valence-corrected chi connectivity index (χ0v) is 29.6. The molecule has 0 saturated heterocycles. The average Bonchev–Trinajstić information content (AvgIpc) is 3.40. The molecule has 0 unspecified atom stereocenters. The van der Waals surface area contributed by atoms with Crippen molar-refractivity contribution >= 4 is 61.2 Å². The van der Waals surface area contributed by atoms with E-state index in [4.69, 9.17) is 33.4 Å². The van der Waals surface area contributed by atoms with Crippen LogP contribution in [0.5, 0.6) is 0 Å². The molecule has 4 aromatic heterocycles. The number of nitrogens with zero attached hydrogens (tertiary/aromatic N) is 4. The Kier molecular flexibility index (Phi) is 8.36. The zero-order valence-electron chi connectivity index (χ0n) is 26.5. The van der Waals surface area contributed by atoms with Gasteiger partial charge in [0.15, 0.2) is 0 Å². The molecule has 11 heteroatoms. The molecule has 0 atom stereocenters. The van der Waals surface area contributed by atoms with Crippen LogP contribution in [0.1, 0.15) is 103 Å². The molecule has 2 N–H and O–H groups in total. The number of aromatic amines is 2. The van der Waals surface area contributed by atoms with E-state index in [2.05, 4.69) is 67.4 Å². The molecule has 1 aromatic carbocycles. The maximum absolute atomic E-state index is 12.8. The number of H-pyrrole nitrogens is 2. The van der Waals surface area contributed by atoms with Gasteiger partial charge in [-0.05, 0) is 119 Å². The molecule has 0 amide bonds. The van der Waals surface area contributed by atoms with Gasteiger partial charge in [-0.1, -0.05) is 36.0 Å². The third-order valence-corrected chi connectivity index (χ3v) is 9.84. The van der Waals surface area contributed by atoms with Crippen LogP contribution in [0.3, 0.4) is 0 Å². The summed E-state index contributed by atoms with van der Waals surface area (Å²) in [5.74, 6) is 1.01. The van der Waals surface area contributed by atoms with E-state index in [1.807, 2.05) is 21.5 Å². The van der Waals surface area contributed by atoms with E-state index in [1.165, 1.54) is 25.7 Å². The highest BCUT2D eigenvalue weighted by atomic mass is 79.9. The lowest BCUT2D eigenvalue weighted by Gasteiger charge is -2.24. The van der Waals surface area contributed by atoms with Crippen LogP contribution < -0.4 is 11.1 Å². The maximum Gasteiger partial charge on any atom is 0.263 e. The molecule has 238 valence electrons. The van der Waals surface area contributed by atoms with E-state index in [-0.39, 0.29) is 22.2 Å². The second-order valence-electron chi connectivity index (χ2n) is 14.3. The van der Waals surface area contributed by atoms with Crippen molar-refractivity contribution < 1.29 is 0 Å². The first-order valence-electron chi connectivity index (χ1n) is 15.6. The highest BCUT2D eigenvalue weighted by Crippen LogP contribution is 2.41. The van der Waals surface area contributed by atoms with E-state index in [1.54, 1.807) is 18.2 Å². The number of hydrogen-bond acceptors (Lipinski definition) is 4. The van der Waals surface area contributed by atoms with Crippen molar-refractivity contribution in [2.45, 2.75) is 103 Å². The van der Waals surface area contributed by atoms with Crippen LogP contribution >= 0.6 is 39.1 Å². The number of halogens is 3. The number of hydrogen-bond donors (Lipinski definition) is 2. The Hall–Kier alpha value is -2.88. The third-order valence-electron chi connectivity index (χ3n) is 8.81. The number of benzene rings is 1. The van der Waals surface area contributed by atoms with Crippen LogP contribution in [-0.4, -0.2) is 29.5 Å². The molecule has 45 heavy (non-hydrogen) atoms. The molecule has 4 heterocycles. The monoisotopic (exact) mass is 712 g/mol. The van der Waals surface area contributed by atoms with Gasteiger partial charge in [-0.3, -0.25) is 9.59 Å². The molecule has 0 bridgehead atoms. The smallest absolute Gasteiger partial charge is 0.263 e. The van der Waals surface area contributed by atoms with Gasteiger partial charge >= 0.3 is 0 Å². The highest BCUT2D eigenvalue weighted by Gasteiger charge is 2.30.